The Balaban J connectivity index is 4.67. The summed E-state index contributed by atoms with van der Waals surface area (Å²) in [5.41, 5.74) is 0. The summed E-state index contributed by atoms with van der Waals surface area (Å²) in [5.74, 6) is -1.52. The molecule has 1 amide bonds. The summed E-state index contributed by atoms with van der Waals surface area (Å²) in [6.07, 6.45) is 1.23. The van der Waals surface area contributed by atoms with Crippen molar-refractivity contribution in [3.63, 3.8) is 0 Å². The Labute approximate surface area is 114 Å². The third kappa shape index (κ3) is 6.77. The Morgan fingerprint density at radius 2 is 2.05 bits per heavy atom. The fourth-order valence-electron chi connectivity index (χ4n) is 1.58. The smallest absolute Gasteiger partial charge is 0.325 e. The van der Waals surface area contributed by atoms with Gasteiger partial charge >= 0.3 is 5.97 Å². The molecule has 1 unspecified atom stereocenters. The van der Waals surface area contributed by atoms with E-state index in [1.165, 1.54) is 12.0 Å². The van der Waals surface area contributed by atoms with Crippen LogP contribution >= 0.6 is 0 Å². The maximum Gasteiger partial charge on any atom is 0.325 e. The molecule has 19 heavy (non-hydrogen) atoms. The van der Waals surface area contributed by atoms with E-state index in [1.54, 1.807) is 6.92 Å². The molecule has 0 aromatic rings. The van der Waals surface area contributed by atoms with Crippen molar-refractivity contribution in [3.8, 4) is 6.07 Å². The van der Waals surface area contributed by atoms with Crippen LogP contribution in [0.5, 0.6) is 0 Å². The predicted octanol–water partition coefficient (Wildman–Crippen LogP) is 0.964. The molecular weight excluding hydrogens is 248 g/mol. The van der Waals surface area contributed by atoms with E-state index in [0.29, 0.717) is 13.0 Å². The average Bonchev–Trinajstić information content (AvgIpc) is 2.40. The van der Waals surface area contributed by atoms with E-state index in [9.17, 15) is 9.59 Å². The second-order valence-corrected chi connectivity index (χ2v) is 4.03. The van der Waals surface area contributed by atoms with Gasteiger partial charge in [-0.05, 0) is 13.3 Å². The number of ether oxygens (including phenoxy) is 2. The predicted molar refractivity (Wildman–Crippen MR) is 69.1 cm³/mol. The first-order valence-electron chi connectivity index (χ1n) is 6.43. The van der Waals surface area contributed by atoms with E-state index in [-0.39, 0.29) is 25.6 Å². The number of carbonyl (C=O) groups is 2. The van der Waals surface area contributed by atoms with Crippen molar-refractivity contribution < 1.29 is 19.1 Å². The third-order valence-corrected chi connectivity index (χ3v) is 2.53. The number of amides is 1. The normalized spacial score (nSPS) is 11.5. The molecule has 0 aromatic carbocycles. The topological polar surface area (TPSA) is 79.6 Å². The van der Waals surface area contributed by atoms with Crippen molar-refractivity contribution in [1.82, 2.24) is 4.90 Å². The number of nitriles is 1. The maximum absolute atomic E-state index is 12.2. The zero-order chi connectivity index (χ0) is 14.7. The van der Waals surface area contributed by atoms with Gasteiger partial charge in [0.2, 0.25) is 5.91 Å². The summed E-state index contributed by atoms with van der Waals surface area (Å²) in [6, 6.07) is 1.98. The zero-order valence-corrected chi connectivity index (χ0v) is 11.8. The second-order valence-electron chi connectivity index (χ2n) is 4.03. The number of carbonyl (C=O) groups excluding carboxylic acids is 2. The minimum atomic E-state index is -0.712. The monoisotopic (exact) mass is 270 g/mol. The molecule has 0 fully saturated rings. The largest absolute Gasteiger partial charge is 0.465 e. The lowest BCUT2D eigenvalue weighted by molar-refractivity contribution is -0.150. The molecule has 0 rings (SSSR count). The van der Waals surface area contributed by atoms with Crippen molar-refractivity contribution in [3.05, 3.63) is 0 Å². The highest BCUT2D eigenvalue weighted by atomic mass is 16.5. The van der Waals surface area contributed by atoms with E-state index in [0.717, 1.165) is 6.42 Å². The van der Waals surface area contributed by atoms with Crippen LogP contribution in [0.1, 0.15) is 26.7 Å². The zero-order valence-electron chi connectivity index (χ0n) is 11.8. The summed E-state index contributed by atoms with van der Waals surface area (Å²) < 4.78 is 9.73. The average molecular weight is 270 g/mol. The molecule has 0 aromatic heterocycles. The first-order chi connectivity index (χ1) is 9.10. The van der Waals surface area contributed by atoms with Crippen molar-refractivity contribution in [2.24, 2.45) is 5.92 Å². The first-order valence-corrected chi connectivity index (χ1v) is 6.43. The molecule has 0 bridgehead atoms. The molecule has 1 atom stereocenters. The molecule has 0 heterocycles. The van der Waals surface area contributed by atoms with Gasteiger partial charge in [0.05, 0.1) is 19.3 Å². The summed E-state index contributed by atoms with van der Waals surface area (Å²) in [6.45, 7) is 4.32. The highest BCUT2D eigenvalue weighted by molar-refractivity contribution is 5.85. The summed E-state index contributed by atoms with van der Waals surface area (Å²) in [4.78, 5) is 24.9. The molecule has 108 valence electrons. The number of nitrogens with zero attached hydrogens (tertiary/aromatic N) is 2. The SMILES string of the molecule is CCCC(C#N)C(=O)N(CCOC)CC(=O)OCC. The van der Waals surface area contributed by atoms with E-state index in [1.807, 2.05) is 13.0 Å². The molecule has 0 saturated heterocycles. The first kappa shape index (κ1) is 17.4. The van der Waals surface area contributed by atoms with Crippen LogP contribution in [0.15, 0.2) is 0 Å². The highest BCUT2D eigenvalue weighted by Crippen LogP contribution is 2.10. The molecule has 6 nitrogen and oxygen atoms in total. The van der Waals surface area contributed by atoms with E-state index in [4.69, 9.17) is 14.7 Å². The third-order valence-electron chi connectivity index (χ3n) is 2.53. The van der Waals surface area contributed by atoms with E-state index < -0.39 is 11.9 Å². The lowest BCUT2D eigenvalue weighted by Gasteiger charge is -2.23. The molecular formula is C13H22N2O4. The molecule has 6 heteroatoms. The van der Waals surface area contributed by atoms with Gasteiger partial charge in [-0.3, -0.25) is 9.59 Å². The fraction of sp³-hybridized carbons (Fsp3) is 0.769. The highest BCUT2D eigenvalue weighted by Gasteiger charge is 2.25. The van der Waals surface area contributed by atoms with E-state index in [2.05, 4.69) is 0 Å². The van der Waals surface area contributed by atoms with Gasteiger partial charge in [0.15, 0.2) is 0 Å². The van der Waals surface area contributed by atoms with Crippen LogP contribution in [0.2, 0.25) is 0 Å². The minimum absolute atomic E-state index is 0.141. The van der Waals surface area contributed by atoms with Crippen LogP contribution in [-0.2, 0) is 19.1 Å². The lowest BCUT2D eigenvalue weighted by Crippen LogP contribution is -2.41. The molecule has 0 aliphatic rings. The van der Waals surface area contributed by atoms with E-state index >= 15 is 0 Å². The Morgan fingerprint density at radius 3 is 2.53 bits per heavy atom. The van der Waals surface area contributed by atoms with Crippen LogP contribution in [0, 0.1) is 17.2 Å². The summed E-state index contributed by atoms with van der Waals surface area (Å²) in [5, 5.41) is 8.99. The van der Waals surface area contributed by atoms with Gasteiger partial charge in [-0.25, -0.2) is 0 Å². The second kappa shape index (κ2) is 10.3. The number of methoxy groups -OCH3 is 1. The number of esters is 1. The fourth-order valence-corrected chi connectivity index (χ4v) is 1.58. The van der Waals surface area contributed by atoms with Gasteiger partial charge < -0.3 is 14.4 Å². The van der Waals surface area contributed by atoms with Gasteiger partial charge in [0, 0.05) is 13.7 Å². The van der Waals surface area contributed by atoms with Crippen molar-refractivity contribution >= 4 is 11.9 Å². The van der Waals surface area contributed by atoms with Gasteiger partial charge in [0.25, 0.3) is 0 Å². The van der Waals surface area contributed by atoms with Gasteiger partial charge in [-0.15, -0.1) is 0 Å². The van der Waals surface area contributed by atoms with Gasteiger partial charge in [-0.2, -0.15) is 5.26 Å². The Morgan fingerprint density at radius 1 is 1.37 bits per heavy atom. The standard InChI is InChI=1S/C13H22N2O4/c1-4-6-11(9-14)13(17)15(7-8-18-3)10-12(16)19-5-2/h11H,4-8,10H2,1-3H3. The van der Waals surface area contributed by atoms with Crippen molar-refractivity contribution in [1.29, 1.82) is 5.26 Å². The van der Waals surface area contributed by atoms with Crippen molar-refractivity contribution in [2.75, 3.05) is 33.4 Å². The van der Waals surface area contributed by atoms with Gasteiger partial charge in [-0.1, -0.05) is 13.3 Å². The van der Waals surface area contributed by atoms with Gasteiger partial charge in [0.1, 0.15) is 12.5 Å². The summed E-state index contributed by atoms with van der Waals surface area (Å²) >= 11 is 0. The lowest BCUT2D eigenvalue weighted by atomic mass is 10.0. The maximum atomic E-state index is 12.2. The molecule has 0 aliphatic carbocycles. The molecule has 0 aliphatic heterocycles. The Hall–Kier alpha value is -1.61. The van der Waals surface area contributed by atoms with Crippen LogP contribution < -0.4 is 0 Å². The number of rotatable bonds is 9. The minimum Gasteiger partial charge on any atom is -0.465 e. The molecule has 0 saturated carbocycles. The van der Waals surface area contributed by atoms with Crippen LogP contribution in [-0.4, -0.2) is 50.2 Å². The quantitative estimate of drug-likeness (QED) is 0.583. The van der Waals surface area contributed by atoms with Crippen LogP contribution in [0.4, 0.5) is 0 Å². The Bertz CT molecular complexity index is 325. The molecule has 0 N–H and O–H groups in total. The number of hydrogen-bond donors (Lipinski definition) is 0. The molecule has 0 spiro atoms. The van der Waals surface area contributed by atoms with Crippen LogP contribution in [0.25, 0.3) is 0 Å². The summed E-state index contributed by atoms with van der Waals surface area (Å²) in [7, 11) is 1.51. The van der Waals surface area contributed by atoms with Crippen LogP contribution in [0.3, 0.4) is 0 Å². The Kier molecular flexibility index (Phi) is 9.45. The molecule has 0 radical (unpaired) electrons. The number of hydrogen-bond acceptors (Lipinski definition) is 5. The van der Waals surface area contributed by atoms with Crippen molar-refractivity contribution in [2.45, 2.75) is 26.7 Å².